The minimum Gasteiger partial charge on any atom is -0.301 e. The van der Waals surface area contributed by atoms with Crippen LogP contribution in [-0.2, 0) is 10.5 Å². The van der Waals surface area contributed by atoms with Crippen LogP contribution in [0.4, 0.5) is 5.13 Å². The number of thioether (sulfide) groups is 1. The molecule has 2 rings (SSSR count). The molecule has 2 aromatic rings. The van der Waals surface area contributed by atoms with Crippen LogP contribution in [0.1, 0.15) is 37.5 Å². The van der Waals surface area contributed by atoms with E-state index in [1.807, 2.05) is 6.07 Å². The van der Waals surface area contributed by atoms with E-state index in [9.17, 15) is 4.79 Å². The molecule has 4 nitrogen and oxygen atoms in total. The maximum Gasteiger partial charge on any atom is 0.226 e. The Labute approximate surface area is 131 Å². The van der Waals surface area contributed by atoms with Gasteiger partial charge in [0.15, 0.2) is 4.34 Å². The highest BCUT2D eigenvalue weighted by molar-refractivity contribution is 8.00. The first kappa shape index (κ1) is 15.5. The molecule has 1 amide bonds. The highest BCUT2D eigenvalue weighted by Crippen LogP contribution is 2.29. The van der Waals surface area contributed by atoms with Gasteiger partial charge in [-0.3, -0.25) is 4.79 Å². The van der Waals surface area contributed by atoms with Crippen molar-refractivity contribution in [3.63, 3.8) is 0 Å². The first-order valence-electron chi connectivity index (χ1n) is 6.56. The number of carbonyl (C=O) groups excluding carboxylic acids is 1. The first-order valence-corrected chi connectivity index (χ1v) is 9.24. The van der Waals surface area contributed by atoms with Crippen molar-refractivity contribution in [1.29, 1.82) is 0 Å². The fraction of sp³-hybridized carbons (Fsp3) is 0.462. The van der Waals surface area contributed by atoms with Crippen LogP contribution in [0.2, 0.25) is 0 Å². The molecule has 0 aliphatic rings. The Morgan fingerprint density at radius 1 is 1.40 bits per heavy atom. The predicted molar refractivity (Wildman–Crippen MR) is 86.6 cm³/mol. The van der Waals surface area contributed by atoms with Crippen LogP contribution in [0.5, 0.6) is 0 Å². The second kappa shape index (κ2) is 8.39. The third kappa shape index (κ3) is 5.22. The van der Waals surface area contributed by atoms with E-state index in [0.717, 1.165) is 29.4 Å². The third-order valence-corrected chi connectivity index (χ3v) is 5.66. The van der Waals surface area contributed by atoms with Crippen molar-refractivity contribution in [2.45, 2.75) is 42.7 Å². The molecule has 7 heteroatoms. The van der Waals surface area contributed by atoms with E-state index in [2.05, 4.69) is 33.9 Å². The van der Waals surface area contributed by atoms with Gasteiger partial charge in [0.1, 0.15) is 0 Å². The lowest BCUT2D eigenvalue weighted by molar-refractivity contribution is -0.116. The largest absolute Gasteiger partial charge is 0.301 e. The number of unbranched alkanes of at least 4 members (excludes halogenated alkanes) is 2. The maximum atomic E-state index is 11.7. The maximum absolute atomic E-state index is 11.7. The molecular weight excluding hydrogens is 310 g/mol. The average molecular weight is 328 g/mol. The summed E-state index contributed by atoms with van der Waals surface area (Å²) in [5.74, 6) is 0.931. The topological polar surface area (TPSA) is 54.9 Å². The SMILES string of the molecule is CCCCCC(=O)Nc1nnc(SCc2cccs2)s1. The van der Waals surface area contributed by atoms with E-state index >= 15 is 0 Å². The van der Waals surface area contributed by atoms with Crippen molar-refractivity contribution in [2.75, 3.05) is 5.32 Å². The van der Waals surface area contributed by atoms with Gasteiger partial charge in [0.05, 0.1) is 0 Å². The normalized spacial score (nSPS) is 10.7. The Kier molecular flexibility index (Phi) is 6.49. The summed E-state index contributed by atoms with van der Waals surface area (Å²) in [5.41, 5.74) is 0. The van der Waals surface area contributed by atoms with Crippen molar-refractivity contribution in [2.24, 2.45) is 0 Å². The quantitative estimate of drug-likeness (QED) is 0.443. The molecule has 0 aromatic carbocycles. The monoisotopic (exact) mass is 327 g/mol. The van der Waals surface area contributed by atoms with Gasteiger partial charge in [0, 0.05) is 17.1 Å². The molecule has 0 bridgehead atoms. The summed E-state index contributed by atoms with van der Waals surface area (Å²) in [6, 6.07) is 4.15. The zero-order valence-corrected chi connectivity index (χ0v) is 13.7. The van der Waals surface area contributed by atoms with E-state index in [1.165, 1.54) is 16.2 Å². The fourth-order valence-corrected chi connectivity index (χ4v) is 4.10. The lowest BCUT2D eigenvalue weighted by atomic mass is 10.2. The Morgan fingerprint density at radius 3 is 3.05 bits per heavy atom. The fourth-order valence-electron chi connectivity index (χ4n) is 1.56. The molecule has 2 heterocycles. The number of thiophene rings is 1. The van der Waals surface area contributed by atoms with Gasteiger partial charge in [0.25, 0.3) is 0 Å². The van der Waals surface area contributed by atoms with Crippen molar-refractivity contribution >= 4 is 45.5 Å². The molecule has 2 aromatic heterocycles. The van der Waals surface area contributed by atoms with Crippen LogP contribution in [-0.4, -0.2) is 16.1 Å². The van der Waals surface area contributed by atoms with Gasteiger partial charge in [-0.25, -0.2) is 0 Å². The van der Waals surface area contributed by atoms with E-state index < -0.39 is 0 Å². The van der Waals surface area contributed by atoms with E-state index in [4.69, 9.17) is 0 Å². The van der Waals surface area contributed by atoms with Crippen LogP contribution in [0.25, 0.3) is 0 Å². The highest BCUT2D eigenvalue weighted by atomic mass is 32.2. The molecule has 0 atom stereocenters. The molecule has 0 saturated heterocycles. The molecule has 20 heavy (non-hydrogen) atoms. The van der Waals surface area contributed by atoms with Crippen molar-refractivity contribution in [1.82, 2.24) is 10.2 Å². The molecule has 108 valence electrons. The summed E-state index contributed by atoms with van der Waals surface area (Å²) >= 11 is 4.82. The summed E-state index contributed by atoms with van der Waals surface area (Å²) in [4.78, 5) is 13.0. The van der Waals surface area contributed by atoms with Gasteiger partial charge in [0.2, 0.25) is 11.0 Å². The molecule has 0 spiro atoms. The predicted octanol–water partition coefficient (Wildman–Crippen LogP) is 4.41. The molecule has 0 fully saturated rings. The summed E-state index contributed by atoms with van der Waals surface area (Å²) in [6.07, 6.45) is 3.70. The van der Waals surface area contributed by atoms with E-state index in [0.29, 0.717) is 11.6 Å². The summed E-state index contributed by atoms with van der Waals surface area (Å²) < 4.78 is 0.891. The van der Waals surface area contributed by atoms with Gasteiger partial charge in [-0.15, -0.1) is 21.5 Å². The van der Waals surface area contributed by atoms with Crippen LogP contribution < -0.4 is 5.32 Å². The molecule has 0 unspecified atom stereocenters. The summed E-state index contributed by atoms with van der Waals surface area (Å²) in [6.45, 7) is 2.12. The van der Waals surface area contributed by atoms with Gasteiger partial charge in [-0.05, 0) is 17.9 Å². The molecule has 0 radical (unpaired) electrons. The lowest BCUT2D eigenvalue weighted by Crippen LogP contribution is -2.10. The average Bonchev–Trinajstić information content (AvgIpc) is 3.08. The smallest absolute Gasteiger partial charge is 0.226 e. The number of carbonyl (C=O) groups is 1. The molecule has 1 N–H and O–H groups in total. The van der Waals surface area contributed by atoms with Gasteiger partial charge in [-0.1, -0.05) is 48.9 Å². The minimum absolute atomic E-state index is 0.0319. The number of anilines is 1. The summed E-state index contributed by atoms with van der Waals surface area (Å²) in [5, 5.41) is 13.6. The van der Waals surface area contributed by atoms with E-state index in [1.54, 1.807) is 23.1 Å². The standard InChI is InChI=1S/C13H17N3OS3/c1-2-3-4-7-11(17)14-12-15-16-13(20-12)19-9-10-6-5-8-18-10/h5-6,8H,2-4,7,9H2,1H3,(H,14,15,17). The number of nitrogens with zero attached hydrogens (tertiary/aromatic N) is 2. The van der Waals surface area contributed by atoms with Crippen molar-refractivity contribution in [3.8, 4) is 0 Å². The third-order valence-electron chi connectivity index (χ3n) is 2.58. The Bertz CT molecular complexity index is 525. The molecule has 0 aliphatic carbocycles. The van der Waals surface area contributed by atoms with Crippen LogP contribution >= 0.6 is 34.4 Å². The molecule has 0 aliphatic heterocycles. The van der Waals surface area contributed by atoms with Crippen LogP contribution in [0, 0.1) is 0 Å². The number of nitrogens with one attached hydrogen (secondary N) is 1. The molecule has 0 saturated carbocycles. The van der Waals surface area contributed by atoms with Crippen molar-refractivity contribution < 1.29 is 4.79 Å². The molecular formula is C13H17N3OS3. The number of amides is 1. The van der Waals surface area contributed by atoms with E-state index in [-0.39, 0.29) is 5.91 Å². The van der Waals surface area contributed by atoms with Gasteiger partial charge in [-0.2, -0.15) is 0 Å². The van der Waals surface area contributed by atoms with Gasteiger partial charge >= 0.3 is 0 Å². The summed E-state index contributed by atoms with van der Waals surface area (Å²) in [7, 11) is 0. The minimum atomic E-state index is 0.0319. The Balaban J connectivity index is 1.75. The van der Waals surface area contributed by atoms with Crippen LogP contribution in [0.3, 0.4) is 0 Å². The van der Waals surface area contributed by atoms with Gasteiger partial charge < -0.3 is 5.32 Å². The zero-order chi connectivity index (χ0) is 14.2. The number of hydrogen-bond donors (Lipinski definition) is 1. The number of rotatable bonds is 8. The first-order chi connectivity index (χ1) is 9.78. The number of aromatic nitrogens is 2. The highest BCUT2D eigenvalue weighted by Gasteiger charge is 2.08. The number of hydrogen-bond acceptors (Lipinski definition) is 6. The zero-order valence-electron chi connectivity index (χ0n) is 11.3. The second-order valence-corrected chi connectivity index (χ2v) is 7.48. The Morgan fingerprint density at radius 2 is 2.30 bits per heavy atom. The Hall–Kier alpha value is -0.920. The van der Waals surface area contributed by atoms with Crippen molar-refractivity contribution in [3.05, 3.63) is 22.4 Å². The lowest BCUT2D eigenvalue weighted by Gasteiger charge is -1.99. The second-order valence-electron chi connectivity index (χ2n) is 4.25. The van der Waals surface area contributed by atoms with Crippen LogP contribution in [0.15, 0.2) is 21.9 Å².